The summed E-state index contributed by atoms with van der Waals surface area (Å²) in [4.78, 5) is 13.0. The van der Waals surface area contributed by atoms with E-state index in [1.54, 1.807) is 18.9 Å². The predicted molar refractivity (Wildman–Crippen MR) is 96.2 cm³/mol. The molecule has 2 aromatic rings. The predicted octanol–water partition coefficient (Wildman–Crippen LogP) is 3.84. The van der Waals surface area contributed by atoms with Crippen LogP contribution >= 0.6 is 11.8 Å². The van der Waals surface area contributed by atoms with Crippen LogP contribution in [0.5, 0.6) is 5.75 Å². The molecule has 0 heterocycles. The number of nitrogens with one attached hydrogen (secondary N) is 1. The molecule has 23 heavy (non-hydrogen) atoms. The Bertz CT molecular complexity index is 608. The Kier molecular flexibility index (Phi) is 7.01. The molecule has 0 spiro atoms. The van der Waals surface area contributed by atoms with Crippen LogP contribution in [-0.4, -0.2) is 25.3 Å². The van der Waals surface area contributed by atoms with E-state index in [0.29, 0.717) is 12.3 Å². The smallest absolute Gasteiger partial charge is 0.230 e. The van der Waals surface area contributed by atoms with E-state index >= 15 is 0 Å². The number of hydrogen-bond acceptors (Lipinski definition) is 3. The lowest BCUT2D eigenvalue weighted by Crippen LogP contribution is -2.26. The summed E-state index contributed by atoms with van der Waals surface area (Å²) in [6.45, 7) is 2.77. The minimum atomic E-state index is 0.0882. The number of benzene rings is 2. The molecule has 0 atom stereocenters. The molecule has 3 nitrogen and oxygen atoms in total. The highest BCUT2D eigenvalue weighted by Gasteiger charge is 2.02. The molecule has 0 radical (unpaired) electrons. The minimum Gasteiger partial charge on any atom is -0.497 e. The molecule has 0 aliphatic heterocycles. The Labute approximate surface area is 142 Å². The van der Waals surface area contributed by atoms with Gasteiger partial charge in [0.05, 0.1) is 12.9 Å². The minimum absolute atomic E-state index is 0.0882. The first kappa shape index (κ1) is 17.4. The van der Waals surface area contributed by atoms with E-state index in [4.69, 9.17) is 4.74 Å². The highest BCUT2D eigenvalue weighted by atomic mass is 32.2. The summed E-state index contributed by atoms with van der Waals surface area (Å²) in [5, 5.41) is 2.97. The van der Waals surface area contributed by atoms with Crippen molar-refractivity contribution >= 4 is 17.7 Å². The second-order valence-electron chi connectivity index (χ2n) is 5.40. The van der Waals surface area contributed by atoms with Crippen LogP contribution < -0.4 is 10.1 Å². The maximum absolute atomic E-state index is 11.8. The zero-order valence-corrected chi connectivity index (χ0v) is 14.5. The number of carbonyl (C=O) groups excluding carboxylic acids is 1. The van der Waals surface area contributed by atoms with E-state index in [1.165, 1.54) is 11.1 Å². The van der Waals surface area contributed by atoms with Gasteiger partial charge in [0.2, 0.25) is 5.91 Å². The summed E-state index contributed by atoms with van der Waals surface area (Å²) < 4.78 is 5.14. The van der Waals surface area contributed by atoms with Gasteiger partial charge in [-0.25, -0.2) is 0 Å². The normalized spacial score (nSPS) is 10.3. The standard InChI is InChI=1S/C19H23NO2S/c1-15-5-11-18(12-6-15)23-14-19(21)20-13-3-4-16-7-9-17(22-2)10-8-16/h5-12H,3-4,13-14H2,1-2H3,(H,20,21). The summed E-state index contributed by atoms with van der Waals surface area (Å²) in [7, 11) is 1.67. The molecule has 0 aliphatic rings. The number of ether oxygens (including phenoxy) is 1. The average molecular weight is 329 g/mol. The van der Waals surface area contributed by atoms with Crippen molar-refractivity contribution in [3.63, 3.8) is 0 Å². The Morgan fingerprint density at radius 1 is 1.09 bits per heavy atom. The van der Waals surface area contributed by atoms with Crippen LogP contribution in [0.15, 0.2) is 53.4 Å². The maximum Gasteiger partial charge on any atom is 0.230 e. The van der Waals surface area contributed by atoms with Crippen LogP contribution in [0.25, 0.3) is 0 Å². The third-order valence-corrected chi connectivity index (χ3v) is 4.53. The van der Waals surface area contributed by atoms with Crippen molar-refractivity contribution in [3.8, 4) is 5.75 Å². The van der Waals surface area contributed by atoms with Crippen molar-refractivity contribution in [1.82, 2.24) is 5.32 Å². The summed E-state index contributed by atoms with van der Waals surface area (Å²) in [5.41, 5.74) is 2.49. The third kappa shape index (κ3) is 6.37. The van der Waals surface area contributed by atoms with Crippen LogP contribution in [0.4, 0.5) is 0 Å². The summed E-state index contributed by atoms with van der Waals surface area (Å²) in [6.07, 6.45) is 1.89. The first-order chi connectivity index (χ1) is 11.2. The molecule has 122 valence electrons. The summed E-state index contributed by atoms with van der Waals surface area (Å²) in [5.74, 6) is 1.42. The molecule has 0 saturated heterocycles. The molecule has 0 saturated carbocycles. The fourth-order valence-corrected chi connectivity index (χ4v) is 2.88. The van der Waals surface area contributed by atoms with Gasteiger partial charge in [0.1, 0.15) is 5.75 Å². The molecule has 0 unspecified atom stereocenters. The number of methoxy groups -OCH3 is 1. The highest BCUT2D eigenvalue weighted by molar-refractivity contribution is 8.00. The van der Waals surface area contributed by atoms with Crippen LogP contribution in [0, 0.1) is 6.92 Å². The van der Waals surface area contributed by atoms with E-state index < -0.39 is 0 Å². The van der Waals surface area contributed by atoms with Crippen molar-refractivity contribution in [2.45, 2.75) is 24.7 Å². The zero-order valence-electron chi connectivity index (χ0n) is 13.7. The van der Waals surface area contributed by atoms with Crippen molar-refractivity contribution in [2.24, 2.45) is 0 Å². The van der Waals surface area contributed by atoms with Gasteiger partial charge in [-0.1, -0.05) is 29.8 Å². The van der Waals surface area contributed by atoms with Crippen molar-refractivity contribution < 1.29 is 9.53 Å². The molecule has 0 bridgehead atoms. The van der Waals surface area contributed by atoms with Gasteiger partial charge in [-0.15, -0.1) is 11.8 Å². The lowest BCUT2D eigenvalue weighted by atomic mass is 10.1. The molecule has 0 aromatic heterocycles. The molecule has 4 heteroatoms. The first-order valence-corrected chi connectivity index (χ1v) is 8.75. The van der Waals surface area contributed by atoms with Gasteiger partial charge >= 0.3 is 0 Å². The van der Waals surface area contributed by atoms with Crippen molar-refractivity contribution in [3.05, 3.63) is 59.7 Å². The molecule has 2 rings (SSSR count). The maximum atomic E-state index is 11.8. The van der Waals surface area contributed by atoms with Gasteiger partial charge < -0.3 is 10.1 Å². The van der Waals surface area contributed by atoms with E-state index in [-0.39, 0.29) is 5.91 Å². The average Bonchev–Trinajstić information content (AvgIpc) is 2.59. The van der Waals surface area contributed by atoms with E-state index in [9.17, 15) is 4.79 Å². The zero-order chi connectivity index (χ0) is 16.5. The second kappa shape index (κ2) is 9.26. The summed E-state index contributed by atoms with van der Waals surface area (Å²) in [6, 6.07) is 16.3. The molecular formula is C19H23NO2S. The van der Waals surface area contributed by atoms with Gasteiger partial charge in [-0.3, -0.25) is 4.79 Å². The van der Waals surface area contributed by atoms with Crippen LogP contribution in [0.3, 0.4) is 0 Å². The number of rotatable bonds is 8. The quantitative estimate of drug-likeness (QED) is 0.590. The lowest BCUT2D eigenvalue weighted by Gasteiger charge is -2.06. The highest BCUT2D eigenvalue weighted by Crippen LogP contribution is 2.17. The third-order valence-electron chi connectivity index (χ3n) is 3.51. The van der Waals surface area contributed by atoms with Crippen LogP contribution in [-0.2, 0) is 11.2 Å². The Hall–Kier alpha value is -1.94. The van der Waals surface area contributed by atoms with E-state index in [0.717, 1.165) is 23.5 Å². The van der Waals surface area contributed by atoms with Crippen molar-refractivity contribution in [2.75, 3.05) is 19.4 Å². The molecular weight excluding hydrogens is 306 g/mol. The number of amides is 1. The topological polar surface area (TPSA) is 38.3 Å². The SMILES string of the molecule is COc1ccc(CCCNC(=O)CSc2ccc(C)cc2)cc1. The van der Waals surface area contributed by atoms with Gasteiger partial charge in [-0.05, 0) is 49.6 Å². The molecule has 1 amide bonds. The Balaban J connectivity index is 1.61. The lowest BCUT2D eigenvalue weighted by molar-refractivity contribution is -0.118. The van der Waals surface area contributed by atoms with Crippen LogP contribution in [0.2, 0.25) is 0 Å². The number of thioether (sulfide) groups is 1. The van der Waals surface area contributed by atoms with Gasteiger partial charge in [0, 0.05) is 11.4 Å². The molecule has 1 N–H and O–H groups in total. The number of hydrogen-bond donors (Lipinski definition) is 1. The molecule has 2 aromatic carbocycles. The molecule has 0 fully saturated rings. The Morgan fingerprint density at radius 3 is 2.43 bits per heavy atom. The molecule has 0 aliphatic carbocycles. The van der Waals surface area contributed by atoms with Crippen molar-refractivity contribution in [1.29, 1.82) is 0 Å². The number of aryl methyl sites for hydroxylation is 2. The summed E-state index contributed by atoms with van der Waals surface area (Å²) >= 11 is 1.57. The second-order valence-corrected chi connectivity index (χ2v) is 6.45. The first-order valence-electron chi connectivity index (χ1n) is 7.76. The number of carbonyl (C=O) groups is 1. The van der Waals surface area contributed by atoms with Gasteiger partial charge in [0.15, 0.2) is 0 Å². The monoisotopic (exact) mass is 329 g/mol. The Morgan fingerprint density at radius 2 is 1.78 bits per heavy atom. The fourth-order valence-electron chi connectivity index (χ4n) is 2.15. The van der Waals surface area contributed by atoms with Crippen LogP contribution in [0.1, 0.15) is 17.5 Å². The van der Waals surface area contributed by atoms with E-state index in [1.807, 2.05) is 12.1 Å². The fraction of sp³-hybridized carbons (Fsp3) is 0.316. The van der Waals surface area contributed by atoms with E-state index in [2.05, 4.69) is 48.6 Å². The van der Waals surface area contributed by atoms with Gasteiger partial charge in [-0.2, -0.15) is 0 Å². The largest absolute Gasteiger partial charge is 0.497 e. The van der Waals surface area contributed by atoms with Gasteiger partial charge in [0.25, 0.3) is 0 Å².